The maximum atomic E-state index is 11.4. The summed E-state index contributed by atoms with van der Waals surface area (Å²) in [6, 6.07) is 17.1. The summed E-state index contributed by atoms with van der Waals surface area (Å²) in [6.07, 6.45) is 1.56. The summed E-state index contributed by atoms with van der Waals surface area (Å²) in [5, 5.41) is 2.02. The van der Waals surface area contributed by atoms with Crippen LogP contribution in [0.1, 0.15) is 20.8 Å². The fraction of sp³-hybridized carbons (Fsp3) is 0.0500. The zero-order valence-corrected chi connectivity index (χ0v) is 13.1. The van der Waals surface area contributed by atoms with Crippen molar-refractivity contribution in [2.45, 2.75) is 0 Å². The van der Waals surface area contributed by atoms with Gasteiger partial charge in [0.2, 0.25) is 0 Å². The Balaban J connectivity index is 2.23. The topological polar surface area (TPSA) is 52.0 Å². The van der Waals surface area contributed by atoms with Crippen molar-refractivity contribution in [3.63, 3.8) is 0 Å². The van der Waals surface area contributed by atoms with Crippen LogP contribution in [-0.4, -0.2) is 22.1 Å². The maximum absolute atomic E-state index is 11.4. The number of carbonyl (C=O) groups is 2. The summed E-state index contributed by atoms with van der Waals surface area (Å²) in [6.45, 7) is 0. The Morgan fingerprint density at radius 3 is 2.46 bits per heavy atom. The molecular weight excluding hydrogens is 300 g/mol. The fourth-order valence-electron chi connectivity index (χ4n) is 3.28. The van der Waals surface area contributed by atoms with Crippen molar-refractivity contribution in [2.75, 3.05) is 0 Å². The Labute approximate surface area is 138 Å². The molecule has 4 nitrogen and oxygen atoms in total. The molecule has 2 aromatic carbocycles. The number of pyridine rings is 1. The van der Waals surface area contributed by atoms with Crippen LogP contribution in [0.3, 0.4) is 0 Å². The summed E-state index contributed by atoms with van der Waals surface area (Å²) >= 11 is 0. The monoisotopic (exact) mass is 314 g/mol. The van der Waals surface area contributed by atoms with Gasteiger partial charge in [0.15, 0.2) is 12.6 Å². The van der Waals surface area contributed by atoms with E-state index in [-0.39, 0.29) is 0 Å². The van der Waals surface area contributed by atoms with E-state index in [4.69, 9.17) is 0 Å². The van der Waals surface area contributed by atoms with Gasteiger partial charge >= 0.3 is 0 Å². The number of carbonyl (C=O) groups excluding carboxylic acids is 2. The van der Waals surface area contributed by atoms with Gasteiger partial charge in [-0.25, -0.2) is 4.98 Å². The van der Waals surface area contributed by atoms with E-state index in [1.165, 1.54) is 0 Å². The van der Waals surface area contributed by atoms with Crippen LogP contribution >= 0.6 is 0 Å². The number of hydrogen-bond acceptors (Lipinski definition) is 3. The average molecular weight is 314 g/mol. The van der Waals surface area contributed by atoms with Gasteiger partial charge in [-0.05, 0) is 12.1 Å². The van der Waals surface area contributed by atoms with E-state index >= 15 is 0 Å². The van der Waals surface area contributed by atoms with Crippen LogP contribution in [0.15, 0.2) is 54.6 Å². The molecule has 4 rings (SSSR count). The minimum Gasteiger partial charge on any atom is -0.342 e. The van der Waals surface area contributed by atoms with Crippen LogP contribution in [0.25, 0.3) is 33.1 Å². The van der Waals surface area contributed by atoms with Crippen molar-refractivity contribution in [1.82, 2.24) is 9.55 Å². The van der Waals surface area contributed by atoms with E-state index in [0.717, 1.165) is 39.9 Å². The molecule has 4 aromatic rings. The second-order valence-electron chi connectivity index (χ2n) is 5.69. The van der Waals surface area contributed by atoms with E-state index in [2.05, 4.69) is 9.55 Å². The first kappa shape index (κ1) is 14.3. The van der Waals surface area contributed by atoms with Gasteiger partial charge in [0.25, 0.3) is 0 Å². The van der Waals surface area contributed by atoms with Crippen molar-refractivity contribution in [2.24, 2.45) is 7.05 Å². The number of aldehydes is 2. The van der Waals surface area contributed by atoms with Gasteiger partial charge in [-0.2, -0.15) is 0 Å². The van der Waals surface area contributed by atoms with Crippen LogP contribution in [0.4, 0.5) is 0 Å². The zero-order valence-electron chi connectivity index (χ0n) is 13.1. The predicted molar refractivity (Wildman–Crippen MR) is 94.4 cm³/mol. The summed E-state index contributed by atoms with van der Waals surface area (Å²) in [5.41, 5.74) is 4.26. The van der Waals surface area contributed by atoms with E-state index in [0.29, 0.717) is 17.0 Å². The lowest BCUT2D eigenvalue weighted by Gasteiger charge is -2.09. The molecule has 0 spiro atoms. The first-order valence-corrected chi connectivity index (χ1v) is 7.62. The van der Waals surface area contributed by atoms with Crippen molar-refractivity contribution < 1.29 is 9.59 Å². The largest absolute Gasteiger partial charge is 0.342 e. The molecule has 0 radical (unpaired) electrons. The molecule has 0 amide bonds. The molecule has 0 atom stereocenters. The molecule has 4 heteroatoms. The van der Waals surface area contributed by atoms with Gasteiger partial charge in [0.05, 0.1) is 11.2 Å². The molecule has 0 fully saturated rings. The zero-order chi connectivity index (χ0) is 16.7. The summed E-state index contributed by atoms with van der Waals surface area (Å²) in [5.74, 6) is 0. The van der Waals surface area contributed by atoms with Crippen molar-refractivity contribution >= 4 is 34.4 Å². The predicted octanol–water partition coefficient (Wildman–Crippen LogP) is 4.02. The quantitative estimate of drug-likeness (QED) is 0.537. The Morgan fingerprint density at radius 1 is 0.917 bits per heavy atom. The molecule has 0 saturated carbocycles. The second kappa shape index (κ2) is 5.42. The van der Waals surface area contributed by atoms with Gasteiger partial charge in [-0.1, -0.05) is 42.5 Å². The molecule has 0 aliphatic carbocycles. The molecule has 0 aliphatic heterocycles. The van der Waals surface area contributed by atoms with Crippen molar-refractivity contribution in [1.29, 1.82) is 0 Å². The van der Waals surface area contributed by atoms with Gasteiger partial charge in [-0.3, -0.25) is 9.59 Å². The van der Waals surface area contributed by atoms with E-state index in [9.17, 15) is 9.59 Å². The van der Waals surface area contributed by atoms with Crippen LogP contribution in [0.2, 0.25) is 0 Å². The molecule has 116 valence electrons. The number of hydrogen-bond donors (Lipinski definition) is 0. The summed E-state index contributed by atoms with van der Waals surface area (Å²) < 4.78 is 2.06. The number of aromatic nitrogens is 2. The highest BCUT2D eigenvalue weighted by Gasteiger charge is 2.17. The number of fused-ring (bicyclic) bond motifs is 3. The van der Waals surface area contributed by atoms with Crippen LogP contribution in [-0.2, 0) is 7.05 Å². The number of para-hydroxylation sites is 1. The van der Waals surface area contributed by atoms with Gasteiger partial charge in [0, 0.05) is 34.5 Å². The molecule has 0 unspecified atom stereocenters. The number of aryl methyl sites for hydroxylation is 1. The fourth-order valence-corrected chi connectivity index (χ4v) is 3.28. The average Bonchev–Trinajstić information content (AvgIpc) is 2.94. The third-order valence-electron chi connectivity index (χ3n) is 4.37. The highest BCUT2D eigenvalue weighted by atomic mass is 16.1. The summed E-state index contributed by atoms with van der Waals surface area (Å²) in [4.78, 5) is 27.3. The molecule has 2 aromatic heterocycles. The minimum atomic E-state index is 0.356. The Hall–Kier alpha value is -3.27. The SMILES string of the molecule is Cn1c2ccccc2c2cc(C=O)nc(-c3ccccc3C=O)c21. The third kappa shape index (κ3) is 1.97. The molecular formula is C20H14N2O2. The Morgan fingerprint density at radius 2 is 1.67 bits per heavy atom. The van der Waals surface area contributed by atoms with E-state index in [1.54, 1.807) is 12.1 Å². The standard InChI is InChI=1S/C20H14N2O2/c1-22-18-9-5-4-8-16(18)17-10-14(12-24)21-19(20(17)22)15-7-3-2-6-13(15)11-23/h2-12H,1H3. The van der Waals surface area contributed by atoms with E-state index in [1.807, 2.05) is 49.5 Å². The molecule has 0 saturated heterocycles. The number of benzene rings is 2. The first-order valence-electron chi connectivity index (χ1n) is 7.62. The number of rotatable bonds is 3. The highest BCUT2D eigenvalue weighted by Crippen LogP contribution is 2.35. The van der Waals surface area contributed by atoms with Gasteiger partial charge < -0.3 is 4.57 Å². The normalized spacial score (nSPS) is 11.0. The molecule has 0 N–H and O–H groups in total. The van der Waals surface area contributed by atoms with Crippen molar-refractivity contribution in [3.8, 4) is 11.3 Å². The van der Waals surface area contributed by atoms with Gasteiger partial charge in [-0.15, -0.1) is 0 Å². The lowest BCUT2D eigenvalue weighted by Crippen LogP contribution is -1.98. The maximum Gasteiger partial charge on any atom is 0.168 e. The van der Waals surface area contributed by atoms with E-state index < -0.39 is 0 Å². The van der Waals surface area contributed by atoms with Crippen LogP contribution < -0.4 is 0 Å². The second-order valence-corrected chi connectivity index (χ2v) is 5.69. The summed E-state index contributed by atoms with van der Waals surface area (Å²) in [7, 11) is 1.97. The molecule has 0 bridgehead atoms. The Bertz CT molecular complexity index is 1110. The van der Waals surface area contributed by atoms with Crippen molar-refractivity contribution in [3.05, 3.63) is 65.9 Å². The lowest BCUT2D eigenvalue weighted by atomic mass is 10.0. The molecule has 2 heterocycles. The first-order chi connectivity index (χ1) is 11.7. The number of nitrogens with zero attached hydrogens (tertiary/aromatic N) is 2. The lowest BCUT2D eigenvalue weighted by molar-refractivity contribution is 0.111. The van der Waals surface area contributed by atoms with Crippen LogP contribution in [0.5, 0.6) is 0 Å². The smallest absolute Gasteiger partial charge is 0.168 e. The third-order valence-corrected chi connectivity index (χ3v) is 4.37. The molecule has 24 heavy (non-hydrogen) atoms. The highest BCUT2D eigenvalue weighted by molar-refractivity contribution is 6.13. The minimum absolute atomic E-state index is 0.356. The van der Waals surface area contributed by atoms with Crippen LogP contribution in [0, 0.1) is 0 Å². The van der Waals surface area contributed by atoms with Gasteiger partial charge in [0.1, 0.15) is 5.69 Å². The Kier molecular flexibility index (Phi) is 3.24. The molecule has 0 aliphatic rings.